The van der Waals surface area contributed by atoms with Gasteiger partial charge in [0.2, 0.25) is 5.91 Å². The van der Waals surface area contributed by atoms with E-state index in [0.29, 0.717) is 26.2 Å². The van der Waals surface area contributed by atoms with Gasteiger partial charge in [0.05, 0.1) is 13.1 Å². The van der Waals surface area contributed by atoms with Crippen molar-refractivity contribution < 1.29 is 14.3 Å². The summed E-state index contributed by atoms with van der Waals surface area (Å²) >= 11 is 0. The van der Waals surface area contributed by atoms with Crippen molar-refractivity contribution in [3.63, 3.8) is 0 Å². The van der Waals surface area contributed by atoms with Gasteiger partial charge < -0.3 is 19.7 Å². The molecule has 0 saturated heterocycles. The molecule has 3 rings (SSSR count). The first-order chi connectivity index (χ1) is 10.8. The fourth-order valence-electron chi connectivity index (χ4n) is 2.62. The molecule has 0 bridgehead atoms. The van der Waals surface area contributed by atoms with Gasteiger partial charge in [-0.15, -0.1) is 0 Å². The summed E-state index contributed by atoms with van der Waals surface area (Å²) < 4.78 is 11.6. The number of ether oxygens (including phenoxy) is 2. The Balaban J connectivity index is 1.48. The summed E-state index contributed by atoms with van der Waals surface area (Å²) in [6.07, 6.45) is 2.48. The zero-order valence-corrected chi connectivity index (χ0v) is 13.1. The zero-order valence-electron chi connectivity index (χ0n) is 13.1. The second-order valence-corrected chi connectivity index (χ2v) is 6.00. The Labute approximate surface area is 131 Å². The topological polar surface area (TPSA) is 50.8 Å². The van der Waals surface area contributed by atoms with Crippen LogP contribution in [0.25, 0.3) is 0 Å². The number of hydrogen-bond acceptors (Lipinski definition) is 4. The number of rotatable bonds is 7. The Hall–Kier alpha value is -1.75. The number of hydrogen-bond donors (Lipinski definition) is 1. The molecule has 1 aliphatic carbocycles. The Kier molecular flexibility index (Phi) is 4.83. The van der Waals surface area contributed by atoms with Crippen molar-refractivity contribution in [2.45, 2.75) is 25.9 Å². The standard InChI is InChI=1S/C17H24N2O3/c1-2-19(17(20)10-18-9-13-7-8-13)11-14-12-21-15-5-3-4-6-16(15)22-14/h3-6,13-14,18H,2,7-12H2,1H3. The molecule has 5 heteroatoms. The summed E-state index contributed by atoms with van der Waals surface area (Å²) in [5.74, 6) is 2.45. The molecule has 1 aromatic carbocycles. The highest BCUT2D eigenvalue weighted by atomic mass is 16.6. The lowest BCUT2D eigenvalue weighted by molar-refractivity contribution is -0.131. The lowest BCUT2D eigenvalue weighted by atomic mass is 10.2. The molecule has 1 aliphatic heterocycles. The molecule has 1 atom stereocenters. The molecule has 1 saturated carbocycles. The maximum absolute atomic E-state index is 12.3. The fraction of sp³-hybridized carbons (Fsp3) is 0.588. The van der Waals surface area contributed by atoms with Crippen LogP contribution >= 0.6 is 0 Å². The smallest absolute Gasteiger partial charge is 0.236 e. The number of nitrogens with zero attached hydrogens (tertiary/aromatic N) is 1. The quantitative estimate of drug-likeness (QED) is 0.832. The van der Waals surface area contributed by atoms with Gasteiger partial charge in [-0.25, -0.2) is 0 Å². The predicted octanol–water partition coefficient (Wildman–Crippen LogP) is 1.67. The minimum Gasteiger partial charge on any atom is -0.486 e. The Morgan fingerprint density at radius 1 is 1.32 bits per heavy atom. The Morgan fingerprint density at radius 2 is 2.09 bits per heavy atom. The van der Waals surface area contributed by atoms with Gasteiger partial charge in [0, 0.05) is 6.54 Å². The van der Waals surface area contributed by atoms with E-state index in [1.807, 2.05) is 36.1 Å². The third-order valence-electron chi connectivity index (χ3n) is 4.13. The first-order valence-corrected chi connectivity index (χ1v) is 8.13. The SMILES string of the molecule is CCN(CC1COc2ccccc2O1)C(=O)CNCC1CC1. The number of carbonyl (C=O) groups excluding carboxylic acids is 1. The van der Waals surface area contributed by atoms with E-state index in [-0.39, 0.29) is 12.0 Å². The van der Waals surface area contributed by atoms with Crippen LogP contribution in [0.3, 0.4) is 0 Å². The first-order valence-electron chi connectivity index (χ1n) is 8.13. The number of para-hydroxylation sites is 2. The number of amides is 1. The van der Waals surface area contributed by atoms with Crippen molar-refractivity contribution in [2.24, 2.45) is 5.92 Å². The summed E-state index contributed by atoms with van der Waals surface area (Å²) in [5, 5.41) is 3.25. The Bertz CT molecular complexity index is 516. The van der Waals surface area contributed by atoms with E-state index in [1.165, 1.54) is 12.8 Å². The van der Waals surface area contributed by atoms with Crippen molar-refractivity contribution in [2.75, 3.05) is 32.8 Å². The number of nitrogens with one attached hydrogen (secondary N) is 1. The molecule has 1 N–H and O–H groups in total. The highest BCUT2D eigenvalue weighted by Gasteiger charge is 2.25. The van der Waals surface area contributed by atoms with Crippen LogP contribution in [0.5, 0.6) is 11.5 Å². The second kappa shape index (κ2) is 7.01. The minimum absolute atomic E-state index is 0.109. The molecule has 1 unspecified atom stereocenters. The number of fused-ring (bicyclic) bond motifs is 1. The maximum atomic E-state index is 12.3. The number of carbonyl (C=O) groups is 1. The van der Waals surface area contributed by atoms with Gasteiger partial charge in [-0.1, -0.05) is 12.1 Å². The molecule has 5 nitrogen and oxygen atoms in total. The van der Waals surface area contributed by atoms with Crippen LogP contribution in [0.1, 0.15) is 19.8 Å². The second-order valence-electron chi connectivity index (χ2n) is 6.00. The third kappa shape index (κ3) is 3.91. The molecule has 1 fully saturated rings. The number of likely N-dealkylation sites (N-methyl/N-ethyl adjacent to an activating group) is 1. The normalized spacial score (nSPS) is 19.8. The van der Waals surface area contributed by atoms with Gasteiger partial charge in [-0.3, -0.25) is 4.79 Å². The summed E-state index contributed by atoms with van der Waals surface area (Å²) in [7, 11) is 0. The van der Waals surface area contributed by atoms with Crippen LogP contribution in [0.4, 0.5) is 0 Å². The van der Waals surface area contributed by atoms with E-state index >= 15 is 0 Å². The van der Waals surface area contributed by atoms with E-state index in [9.17, 15) is 4.79 Å². The summed E-state index contributed by atoms with van der Waals surface area (Å²) in [6, 6.07) is 7.65. The largest absolute Gasteiger partial charge is 0.486 e. The van der Waals surface area contributed by atoms with Gasteiger partial charge in [-0.2, -0.15) is 0 Å². The molecule has 0 aromatic heterocycles. The Morgan fingerprint density at radius 3 is 2.82 bits per heavy atom. The molecular weight excluding hydrogens is 280 g/mol. The molecule has 1 amide bonds. The van der Waals surface area contributed by atoms with E-state index in [0.717, 1.165) is 24.0 Å². The molecule has 2 aliphatic rings. The van der Waals surface area contributed by atoms with Crippen LogP contribution in [0.15, 0.2) is 24.3 Å². The fourth-order valence-corrected chi connectivity index (χ4v) is 2.62. The molecule has 0 radical (unpaired) electrons. The molecule has 0 spiro atoms. The van der Waals surface area contributed by atoms with Crippen molar-refractivity contribution in [3.8, 4) is 11.5 Å². The van der Waals surface area contributed by atoms with E-state index in [4.69, 9.17) is 9.47 Å². The zero-order chi connectivity index (χ0) is 15.4. The van der Waals surface area contributed by atoms with Crippen molar-refractivity contribution >= 4 is 5.91 Å². The van der Waals surface area contributed by atoms with Gasteiger partial charge in [0.15, 0.2) is 17.6 Å². The van der Waals surface area contributed by atoms with Crippen LogP contribution in [0, 0.1) is 5.92 Å². The molecule has 22 heavy (non-hydrogen) atoms. The van der Waals surface area contributed by atoms with Crippen LogP contribution in [-0.2, 0) is 4.79 Å². The maximum Gasteiger partial charge on any atom is 0.236 e. The van der Waals surface area contributed by atoms with Crippen molar-refractivity contribution in [1.82, 2.24) is 10.2 Å². The highest BCUT2D eigenvalue weighted by molar-refractivity contribution is 5.78. The predicted molar refractivity (Wildman–Crippen MR) is 84.2 cm³/mol. The average Bonchev–Trinajstić information content (AvgIpc) is 3.36. The number of benzene rings is 1. The lowest BCUT2D eigenvalue weighted by Gasteiger charge is -2.31. The van der Waals surface area contributed by atoms with Crippen LogP contribution in [0.2, 0.25) is 0 Å². The summed E-state index contributed by atoms with van der Waals surface area (Å²) in [4.78, 5) is 14.1. The monoisotopic (exact) mass is 304 g/mol. The average molecular weight is 304 g/mol. The van der Waals surface area contributed by atoms with E-state index in [2.05, 4.69) is 5.32 Å². The van der Waals surface area contributed by atoms with Gasteiger partial charge in [0.1, 0.15) is 6.61 Å². The van der Waals surface area contributed by atoms with Gasteiger partial charge >= 0.3 is 0 Å². The van der Waals surface area contributed by atoms with Gasteiger partial charge in [0.25, 0.3) is 0 Å². The molecule has 1 aromatic rings. The lowest BCUT2D eigenvalue weighted by Crippen LogP contribution is -2.46. The third-order valence-corrected chi connectivity index (χ3v) is 4.13. The molecular formula is C17H24N2O3. The van der Waals surface area contributed by atoms with Crippen molar-refractivity contribution in [3.05, 3.63) is 24.3 Å². The van der Waals surface area contributed by atoms with E-state index < -0.39 is 0 Å². The van der Waals surface area contributed by atoms with Crippen molar-refractivity contribution in [1.29, 1.82) is 0 Å². The van der Waals surface area contributed by atoms with Crippen LogP contribution < -0.4 is 14.8 Å². The first kappa shape index (κ1) is 15.2. The van der Waals surface area contributed by atoms with Gasteiger partial charge in [-0.05, 0) is 44.4 Å². The molecule has 1 heterocycles. The van der Waals surface area contributed by atoms with Crippen LogP contribution in [-0.4, -0.2) is 49.7 Å². The van der Waals surface area contributed by atoms with E-state index in [1.54, 1.807) is 0 Å². The summed E-state index contributed by atoms with van der Waals surface area (Å²) in [6.45, 7) is 5.10. The minimum atomic E-state index is -0.109. The highest BCUT2D eigenvalue weighted by Crippen LogP contribution is 2.31. The summed E-state index contributed by atoms with van der Waals surface area (Å²) in [5.41, 5.74) is 0. The molecule has 120 valence electrons.